The number of fused-ring (bicyclic) bond motifs is 1. The highest BCUT2D eigenvalue weighted by atomic mass is 16.7. The van der Waals surface area contributed by atoms with Gasteiger partial charge in [0.15, 0.2) is 6.29 Å². The summed E-state index contributed by atoms with van der Waals surface area (Å²) in [5.41, 5.74) is 0. The second-order valence-electron chi connectivity index (χ2n) is 3.02. The molecule has 5 nitrogen and oxygen atoms in total. The Morgan fingerprint density at radius 2 is 2.08 bits per heavy atom. The van der Waals surface area contributed by atoms with Gasteiger partial charge >= 0.3 is 0 Å². The van der Waals surface area contributed by atoms with Crippen molar-refractivity contribution >= 4 is 0 Å². The Labute approximate surface area is 69.8 Å². The Balaban J connectivity index is 2.01. The second kappa shape index (κ2) is 2.93. The molecule has 2 N–H and O–H groups in total. The van der Waals surface area contributed by atoms with E-state index in [4.69, 9.17) is 19.3 Å². The van der Waals surface area contributed by atoms with Gasteiger partial charge in [0.2, 0.25) is 0 Å². The third kappa shape index (κ3) is 1.14. The molecule has 2 fully saturated rings. The van der Waals surface area contributed by atoms with E-state index in [2.05, 4.69) is 0 Å². The molecule has 0 spiro atoms. The molecule has 0 radical (unpaired) electrons. The number of epoxide rings is 1. The van der Waals surface area contributed by atoms with Crippen LogP contribution in [-0.2, 0) is 14.2 Å². The number of hydrogen-bond acceptors (Lipinski definition) is 5. The summed E-state index contributed by atoms with van der Waals surface area (Å²) in [6.07, 6.45) is -2.14. The molecule has 2 aliphatic heterocycles. The quantitative estimate of drug-likeness (QED) is 0.500. The van der Waals surface area contributed by atoms with Crippen molar-refractivity contribution in [3.05, 3.63) is 0 Å². The van der Waals surface area contributed by atoms with Gasteiger partial charge in [0, 0.05) is 7.11 Å². The zero-order valence-electron chi connectivity index (χ0n) is 6.71. The minimum atomic E-state index is -0.734. The van der Waals surface area contributed by atoms with Crippen molar-refractivity contribution in [3.63, 3.8) is 0 Å². The summed E-state index contributed by atoms with van der Waals surface area (Å²) in [5, 5.41) is 18.3. The highest BCUT2D eigenvalue weighted by Gasteiger charge is 2.57. The fourth-order valence-corrected chi connectivity index (χ4v) is 1.54. The van der Waals surface area contributed by atoms with E-state index in [0.29, 0.717) is 0 Å². The van der Waals surface area contributed by atoms with Gasteiger partial charge in [0.1, 0.15) is 24.4 Å². The van der Waals surface area contributed by atoms with Crippen LogP contribution in [-0.4, -0.2) is 54.6 Å². The lowest BCUT2D eigenvalue weighted by atomic mass is 10.1. The number of methoxy groups -OCH3 is 1. The van der Waals surface area contributed by atoms with E-state index in [0.717, 1.165) is 0 Å². The molecule has 70 valence electrons. The minimum absolute atomic E-state index is 0.103. The summed E-state index contributed by atoms with van der Waals surface area (Å²) >= 11 is 0. The van der Waals surface area contributed by atoms with E-state index >= 15 is 0 Å². The first kappa shape index (κ1) is 8.40. The molecule has 0 saturated carbocycles. The monoisotopic (exact) mass is 176 g/mol. The van der Waals surface area contributed by atoms with Crippen molar-refractivity contribution in [1.82, 2.24) is 0 Å². The molecular formula is C7H12O5. The Morgan fingerprint density at radius 3 is 2.67 bits per heavy atom. The molecule has 2 saturated heterocycles. The van der Waals surface area contributed by atoms with Gasteiger partial charge in [-0.05, 0) is 0 Å². The molecule has 2 rings (SSSR count). The molecule has 0 aromatic rings. The molecule has 0 aromatic carbocycles. The van der Waals surface area contributed by atoms with Gasteiger partial charge in [-0.2, -0.15) is 0 Å². The summed E-state index contributed by atoms with van der Waals surface area (Å²) in [5.74, 6) is 0. The topological polar surface area (TPSA) is 71.5 Å². The number of aliphatic hydroxyl groups is 2. The summed E-state index contributed by atoms with van der Waals surface area (Å²) in [7, 11) is 1.45. The van der Waals surface area contributed by atoms with Gasteiger partial charge in [-0.25, -0.2) is 0 Å². The Hall–Kier alpha value is -0.200. The maximum absolute atomic E-state index is 9.44. The summed E-state index contributed by atoms with van der Waals surface area (Å²) in [6.45, 7) is -0.103. The average molecular weight is 176 g/mol. The molecule has 12 heavy (non-hydrogen) atoms. The van der Waals surface area contributed by atoms with Crippen LogP contribution in [0, 0.1) is 0 Å². The minimum Gasteiger partial charge on any atom is -0.394 e. The lowest BCUT2D eigenvalue weighted by Crippen LogP contribution is -2.47. The zero-order chi connectivity index (χ0) is 8.72. The molecule has 5 heteroatoms. The predicted molar refractivity (Wildman–Crippen MR) is 37.4 cm³/mol. The lowest BCUT2D eigenvalue weighted by Gasteiger charge is -2.28. The fraction of sp³-hybridized carbons (Fsp3) is 1.00. The van der Waals surface area contributed by atoms with Crippen LogP contribution in [0.2, 0.25) is 0 Å². The van der Waals surface area contributed by atoms with Crippen molar-refractivity contribution in [1.29, 1.82) is 0 Å². The zero-order valence-corrected chi connectivity index (χ0v) is 6.71. The standard InChI is InChI=1S/C7H12O5/c1-10-7-4(9)6-5(12-6)3(2-8)11-7/h3-9H,2H2,1H3/t3-,4-,5+,6-,7+/m1/s1. The van der Waals surface area contributed by atoms with Crippen molar-refractivity contribution < 1.29 is 24.4 Å². The highest BCUT2D eigenvalue weighted by molar-refractivity contribution is 5.01. The molecule has 0 amide bonds. The van der Waals surface area contributed by atoms with Crippen LogP contribution in [0.4, 0.5) is 0 Å². The van der Waals surface area contributed by atoms with Gasteiger partial charge in [0.05, 0.1) is 6.61 Å². The Morgan fingerprint density at radius 1 is 1.33 bits per heavy atom. The first-order valence-corrected chi connectivity index (χ1v) is 3.90. The van der Waals surface area contributed by atoms with Crippen LogP contribution in [0.15, 0.2) is 0 Å². The molecule has 5 atom stereocenters. The van der Waals surface area contributed by atoms with Crippen LogP contribution in [0.3, 0.4) is 0 Å². The van der Waals surface area contributed by atoms with Crippen LogP contribution in [0.5, 0.6) is 0 Å². The molecule has 0 bridgehead atoms. The number of hydrogen-bond donors (Lipinski definition) is 2. The van der Waals surface area contributed by atoms with Gasteiger partial charge in [-0.3, -0.25) is 0 Å². The molecule has 0 unspecified atom stereocenters. The molecule has 2 heterocycles. The third-order valence-electron chi connectivity index (χ3n) is 2.26. The molecule has 0 aliphatic carbocycles. The summed E-state index contributed by atoms with van der Waals surface area (Å²) < 4.78 is 15.2. The maximum atomic E-state index is 9.44. The van der Waals surface area contributed by atoms with Crippen LogP contribution < -0.4 is 0 Å². The maximum Gasteiger partial charge on any atom is 0.186 e. The Kier molecular flexibility index (Phi) is 2.05. The van der Waals surface area contributed by atoms with Gasteiger partial charge in [-0.1, -0.05) is 0 Å². The molecular weight excluding hydrogens is 164 g/mol. The first-order chi connectivity index (χ1) is 5.77. The van der Waals surface area contributed by atoms with E-state index in [1.54, 1.807) is 0 Å². The summed E-state index contributed by atoms with van der Waals surface area (Å²) in [6, 6.07) is 0. The Bertz CT molecular complexity index is 173. The summed E-state index contributed by atoms with van der Waals surface area (Å²) in [4.78, 5) is 0. The largest absolute Gasteiger partial charge is 0.394 e. The van der Waals surface area contributed by atoms with Crippen LogP contribution in [0.1, 0.15) is 0 Å². The van der Waals surface area contributed by atoms with Crippen molar-refractivity contribution in [3.8, 4) is 0 Å². The van der Waals surface area contributed by atoms with Gasteiger partial charge in [-0.15, -0.1) is 0 Å². The van der Waals surface area contributed by atoms with E-state index in [9.17, 15) is 5.11 Å². The van der Waals surface area contributed by atoms with Crippen LogP contribution in [0.25, 0.3) is 0 Å². The van der Waals surface area contributed by atoms with Crippen molar-refractivity contribution in [2.24, 2.45) is 0 Å². The van der Waals surface area contributed by atoms with Gasteiger partial charge in [0.25, 0.3) is 0 Å². The average Bonchev–Trinajstić information content (AvgIpc) is 2.85. The normalized spacial score (nSPS) is 51.8. The van der Waals surface area contributed by atoms with Crippen molar-refractivity contribution in [2.75, 3.05) is 13.7 Å². The van der Waals surface area contributed by atoms with E-state index in [1.807, 2.05) is 0 Å². The molecule has 2 aliphatic rings. The highest BCUT2D eigenvalue weighted by Crippen LogP contribution is 2.37. The fourth-order valence-electron chi connectivity index (χ4n) is 1.54. The van der Waals surface area contributed by atoms with Crippen LogP contribution >= 0.6 is 0 Å². The number of rotatable bonds is 2. The first-order valence-electron chi connectivity index (χ1n) is 3.90. The SMILES string of the molecule is CO[C@H]1O[C@H](CO)[C@@H]2O[C@@H]2[C@H]1O. The third-order valence-corrected chi connectivity index (χ3v) is 2.26. The second-order valence-corrected chi connectivity index (χ2v) is 3.02. The van der Waals surface area contributed by atoms with E-state index in [-0.39, 0.29) is 24.9 Å². The predicted octanol–water partition coefficient (Wildman–Crippen LogP) is -1.52. The number of aliphatic hydroxyl groups excluding tert-OH is 2. The van der Waals surface area contributed by atoms with E-state index < -0.39 is 12.4 Å². The van der Waals surface area contributed by atoms with Gasteiger partial charge < -0.3 is 24.4 Å². The lowest BCUT2D eigenvalue weighted by molar-refractivity contribution is -0.223. The smallest absolute Gasteiger partial charge is 0.186 e. The van der Waals surface area contributed by atoms with Crippen molar-refractivity contribution in [2.45, 2.75) is 30.7 Å². The molecule has 0 aromatic heterocycles. The number of ether oxygens (including phenoxy) is 3. The van der Waals surface area contributed by atoms with E-state index in [1.165, 1.54) is 7.11 Å².